The number of amides is 1. The van der Waals surface area contributed by atoms with Crippen molar-refractivity contribution >= 4 is 29.3 Å². The summed E-state index contributed by atoms with van der Waals surface area (Å²) in [6.45, 7) is 5.25. The molecule has 1 atom stereocenters. The Balaban J connectivity index is 1.62. The molecular weight excluding hydrogens is 444 g/mol. The van der Waals surface area contributed by atoms with Gasteiger partial charge in [-0.3, -0.25) is 4.79 Å². The fourth-order valence-electron chi connectivity index (χ4n) is 4.09. The van der Waals surface area contributed by atoms with Crippen molar-refractivity contribution in [3.05, 3.63) is 42.0 Å². The van der Waals surface area contributed by atoms with Gasteiger partial charge >= 0.3 is 5.97 Å². The highest BCUT2D eigenvalue weighted by atomic mass is 32.2. The lowest BCUT2D eigenvalue weighted by Crippen LogP contribution is -2.42. The van der Waals surface area contributed by atoms with Gasteiger partial charge in [0.2, 0.25) is 0 Å². The van der Waals surface area contributed by atoms with Crippen LogP contribution in [-0.2, 0) is 9.53 Å². The number of benzene rings is 1. The van der Waals surface area contributed by atoms with Crippen LogP contribution in [0.5, 0.6) is 0 Å². The van der Waals surface area contributed by atoms with Gasteiger partial charge in [-0.25, -0.2) is 4.79 Å². The first-order valence-corrected chi connectivity index (χ1v) is 14.4. The van der Waals surface area contributed by atoms with Crippen molar-refractivity contribution < 1.29 is 14.3 Å². The number of hydrogen-bond donors (Lipinski definition) is 1. The third kappa shape index (κ3) is 10.5. The zero-order chi connectivity index (χ0) is 24.4. The zero-order valence-corrected chi connectivity index (χ0v) is 22.0. The van der Waals surface area contributed by atoms with Crippen molar-refractivity contribution in [3.63, 3.8) is 0 Å². The summed E-state index contributed by atoms with van der Waals surface area (Å²) in [7, 11) is 0. The topological polar surface area (TPSA) is 58.6 Å². The highest BCUT2D eigenvalue weighted by molar-refractivity contribution is 7.99. The molecule has 0 radical (unpaired) electrons. The van der Waals surface area contributed by atoms with Crippen LogP contribution < -0.4 is 5.32 Å². The van der Waals surface area contributed by atoms with Crippen molar-refractivity contribution in [1.29, 1.82) is 0 Å². The summed E-state index contributed by atoms with van der Waals surface area (Å²) in [6.07, 6.45) is 18.9. The van der Waals surface area contributed by atoms with E-state index < -0.39 is 6.04 Å². The number of anilines is 1. The van der Waals surface area contributed by atoms with E-state index in [1.54, 1.807) is 23.6 Å². The Hall–Kier alpha value is -1.95. The maximum Gasteiger partial charge on any atom is 0.329 e. The van der Waals surface area contributed by atoms with Gasteiger partial charge in [0.15, 0.2) is 0 Å². The second-order valence-electron chi connectivity index (χ2n) is 8.93. The summed E-state index contributed by atoms with van der Waals surface area (Å²) in [5.74, 6) is 0.682. The number of carbonyl (C=O) groups is 2. The number of ether oxygens (including phenoxy) is 1. The van der Waals surface area contributed by atoms with Crippen molar-refractivity contribution in [2.24, 2.45) is 0 Å². The second kappa shape index (κ2) is 17.5. The van der Waals surface area contributed by atoms with Gasteiger partial charge in [0, 0.05) is 23.5 Å². The molecule has 0 aliphatic carbocycles. The molecular formula is C28H44N2O3S. The van der Waals surface area contributed by atoms with Crippen molar-refractivity contribution in [2.75, 3.05) is 30.1 Å². The largest absolute Gasteiger partial charge is 0.464 e. The van der Waals surface area contributed by atoms with Crippen LogP contribution in [0.1, 0.15) is 94.8 Å². The first-order chi connectivity index (χ1) is 16.7. The van der Waals surface area contributed by atoms with E-state index in [4.69, 9.17) is 4.74 Å². The molecule has 1 fully saturated rings. The molecule has 1 N–H and O–H groups in total. The molecule has 0 saturated carbocycles. The average molecular weight is 489 g/mol. The average Bonchev–Trinajstić information content (AvgIpc) is 3.34. The van der Waals surface area contributed by atoms with E-state index in [1.165, 1.54) is 57.8 Å². The minimum Gasteiger partial charge on any atom is -0.464 e. The highest BCUT2D eigenvalue weighted by Crippen LogP contribution is 2.25. The molecule has 1 aromatic rings. The van der Waals surface area contributed by atoms with E-state index in [0.717, 1.165) is 25.1 Å². The lowest BCUT2D eigenvalue weighted by molar-refractivity contribution is -0.147. The van der Waals surface area contributed by atoms with E-state index in [2.05, 4.69) is 24.4 Å². The Kier molecular flexibility index (Phi) is 14.5. The molecule has 1 heterocycles. The number of thioether (sulfide) groups is 1. The zero-order valence-electron chi connectivity index (χ0n) is 21.2. The molecule has 190 valence electrons. The van der Waals surface area contributed by atoms with Gasteiger partial charge in [-0.15, -0.1) is 11.8 Å². The normalized spacial score (nSPS) is 15.7. The molecule has 34 heavy (non-hydrogen) atoms. The Morgan fingerprint density at radius 2 is 1.74 bits per heavy atom. The fourth-order valence-corrected chi connectivity index (χ4v) is 5.23. The van der Waals surface area contributed by atoms with Crippen LogP contribution in [0.15, 0.2) is 36.4 Å². The Morgan fingerprint density at radius 3 is 2.47 bits per heavy atom. The SMILES string of the molecule is CCCCCCCCCC/C=C/CCCNc1cccc(C(=O)N2CSCC2C(=O)OCC)c1. The molecule has 6 heteroatoms. The molecule has 1 saturated heterocycles. The quantitative estimate of drug-likeness (QED) is 0.145. The van der Waals surface area contributed by atoms with Gasteiger partial charge in [-0.1, -0.05) is 70.1 Å². The van der Waals surface area contributed by atoms with E-state index in [1.807, 2.05) is 24.3 Å². The Bertz CT molecular complexity index is 753. The van der Waals surface area contributed by atoms with Gasteiger partial charge in [0.05, 0.1) is 12.5 Å². The van der Waals surface area contributed by atoms with Crippen LogP contribution in [-0.4, -0.2) is 47.6 Å². The summed E-state index contributed by atoms with van der Waals surface area (Å²) in [6, 6.07) is 7.07. The van der Waals surface area contributed by atoms with Crippen molar-refractivity contribution in [3.8, 4) is 0 Å². The lowest BCUT2D eigenvalue weighted by Gasteiger charge is -2.22. The van der Waals surface area contributed by atoms with Gasteiger partial charge < -0.3 is 15.0 Å². The van der Waals surface area contributed by atoms with Gasteiger partial charge in [-0.2, -0.15) is 0 Å². The third-order valence-corrected chi connectivity index (χ3v) is 7.09. The molecule has 0 spiro atoms. The Labute approximate surface area is 211 Å². The molecule has 1 aliphatic heterocycles. The van der Waals surface area contributed by atoms with Gasteiger partial charge in [-0.05, 0) is 50.8 Å². The summed E-state index contributed by atoms with van der Waals surface area (Å²) in [4.78, 5) is 26.8. The molecule has 2 rings (SSSR count). The number of unbranched alkanes of at least 4 members (excludes halogenated alkanes) is 9. The van der Waals surface area contributed by atoms with Crippen molar-refractivity contribution in [1.82, 2.24) is 4.90 Å². The maximum absolute atomic E-state index is 13.0. The smallest absolute Gasteiger partial charge is 0.329 e. The molecule has 1 aromatic carbocycles. The number of hydrogen-bond acceptors (Lipinski definition) is 5. The second-order valence-corrected chi connectivity index (χ2v) is 9.93. The number of nitrogens with zero attached hydrogens (tertiary/aromatic N) is 1. The summed E-state index contributed by atoms with van der Waals surface area (Å²) in [5, 5.41) is 3.42. The number of esters is 1. The molecule has 5 nitrogen and oxygen atoms in total. The maximum atomic E-state index is 13.0. The van der Waals surface area contributed by atoms with Gasteiger partial charge in [0.25, 0.3) is 5.91 Å². The fraction of sp³-hybridized carbons (Fsp3) is 0.643. The monoisotopic (exact) mass is 488 g/mol. The van der Waals surface area contributed by atoms with Crippen LogP contribution in [0, 0.1) is 0 Å². The predicted octanol–water partition coefficient (Wildman–Crippen LogP) is 7.04. The van der Waals surface area contributed by atoms with E-state index in [-0.39, 0.29) is 11.9 Å². The van der Waals surface area contributed by atoms with Crippen LogP contribution in [0.4, 0.5) is 5.69 Å². The van der Waals surface area contributed by atoms with Crippen LogP contribution in [0.3, 0.4) is 0 Å². The first kappa shape index (κ1) is 28.3. The van der Waals surface area contributed by atoms with Crippen molar-refractivity contribution in [2.45, 2.75) is 90.5 Å². The summed E-state index contributed by atoms with van der Waals surface area (Å²) < 4.78 is 5.14. The predicted molar refractivity (Wildman–Crippen MR) is 144 cm³/mol. The lowest BCUT2D eigenvalue weighted by atomic mass is 10.1. The number of rotatable bonds is 17. The van der Waals surface area contributed by atoms with E-state index in [9.17, 15) is 9.59 Å². The molecule has 0 bridgehead atoms. The molecule has 1 amide bonds. The minimum absolute atomic E-state index is 0.115. The molecule has 1 aliphatic rings. The first-order valence-electron chi connectivity index (χ1n) is 13.2. The number of carbonyl (C=O) groups excluding carboxylic acids is 2. The summed E-state index contributed by atoms with van der Waals surface area (Å²) >= 11 is 1.59. The molecule has 0 aromatic heterocycles. The summed E-state index contributed by atoms with van der Waals surface area (Å²) in [5.41, 5.74) is 1.54. The number of nitrogens with one attached hydrogen (secondary N) is 1. The van der Waals surface area contributed by atoms with E-state index in [0.29, 0.717) is 23.8 Å². The highest BCUT2D eigenvalue weighted by Gasteiger charge is 2.36. The van der Waals surface area contributed by atoms with Gasteiger partial charge in [0.1, 0.15) is 6.04 Å². The third-order valence-electron chi connectivity index (χ3n) is 6.08. The standard InChI is InChI=1S/C28H44N2O3S/c1-3-5-6-7-8-9-10-11-12-13-14-15-16-20-29-25-19-17-18-24(21-25)27(31)30-23-34-22-26(30)28(32)33-4-2/h13-14,17-19,21,26,29H,3-12,15-16,20,22-23H2,1-2H3/b14-13+. The number of allylic oxidation sites excluding steroid dienone is 2. The Morgan fingerprint density at radius 1 is 1.03 bits per heavy atom. The van der Waals surface area contributed by atoms with E-state index >= 15 is 0 Å². The minimum atomic E-state index is -0.494. The van der Waals surface area contributed by atoms with Crippen LogP contribution >= 0.6 is 11.8 Å². The van der Waals surface area contributed by atoms with Crippen LogP contribution in [0.25, 0.3) is 0 Å². The van der Waals surface area contributed by atoms with Crippen LogP contribution in [0.2, 0.25) is 0 Å². The molecule has 1 unspecified atom stereocenters.